The second-order valence-corrected chi connectivity index (χ2v) is 5.31. The molecular formula is C14H25NO3. The summed E-state index contributed by atoms with van der Waals surface area (Å²) in [5.41, 5.74) is 0. The smallest absolute Gasteiger partial charge is 0.323 e. The molecule has 1 saturated heterocycles. The van der Waals surface area contributed by atoms with E-state index in [1.54, 1.807) is 0 Å². The zero-order valence-electron chi connectivity index (χ0n) is 11.3. The molecule has 18 heavy (non-hydrogen) atoms. The number of carbonyl (C=O) groups excluding carboxylic acids is 1. The van der Waals surface area contributed by atoms with Crippen molar-refractivity contribution in [1.82, 2.24) is 5.32 Å². The number of esters is 1. The van der Waals surface area contributed by atoms with Gasteiger partial charge in [-0.2, -0.15) is 0 Å². The summed E-state index contributed by atoms with van der Waals surface area (Å²) in [5.74, 6) is 0.685. The van der Waals surface area contributed by atoms with Crippen LogP contribution in [0.3, 0.4) is 0 Å². The van der Waals surface area contributed by atoms with Gasteiger partial charge in [0.2, 0.25) is 0 Å². The van der Waals surface area contributed by atoms with Gasteiger partial charge in [-0.15, -0.1) is 0 Å². The number of piperidine rings is 1. The van der Waals surface area contributed by atoms with Gasteiger partial charge in [0.15, 0.2) is 0 Å². The Morgan fingerprint density at radius 3 is 2.83 bits per heavy atom. The Hall–Kier alpha value is -0.610. The van der Waals surface area contributed by atoms with Crippen LogP contribution in [0.5, 0.6) is 0 Å². The van der Waals surface area contributed by atoms with Gasteiger partial charge in [-0.1, -0.05) is 12.8 Å². The van der Waals surface area contributed by atoms with Gasteiger partial charge >= 0.3 is 5.97 Å². The van der Waals surface area contributed by atoms with Gasteiger partial charge in [-0.3, -0.25) is 4.79 Å². The molecule has 4 heteroatoms. The Balaban J connectivity index is 1.71. The molecule has 0 amide bonds. The highest BCUT2D eigenvalue weighted by Crippen LogP contribution is 2.32. The van der Waals surface area contributed by atoms with Crippen LogP contribution in [-0.4, -0.2) is 37.9 Å². The predicted molar refractivity (Wildman–Crippen MR) is 69.4 cm³/mol. The van der Waals surface area contributed by atoms with Crippen LogP contribution in [0.15, 0.2) is 0 Å². The molecule has 3 unspecified atom stereocenters. The summed E-state index contributed by atoms with van der Waals surface area (Å²) in [5, 5.41) is 3.48. The number of ether oxygens (including phenoxy) is 2. The Bertz CT molecular complexity index is 270. The molecule has 104 valence electrons. The Labute approximate surface area is 109 Å². The summed E-state index contributed by atoms with van der Waals surface area (Å²) in [4.78, 5) is 11.9. The van der Waals surface area contributed by atoms with Crippen LogP contribution in [0.2, 0.25) is 0 Å². The number of hydrogen-bond acceptors (Lipinski definition) is 4. The average Bonchev–Trinajstić information content (AvgIpc) is 2.43. The van der Waals surface area contributed by atoms with Gasteiger partial charge in [-0.05, 0) is 38.5 Å². The van der Waals surface area contributed by atoms with Crippen molar-refractivity contribution < 1.29 is 14.3 Å². The van der Waals surface area contributed by atoms with E-state index >= 15 is 0 Å². The Morgan fingerprint density at radius 2 is 2.00 bits per heavy atom. The summed E-state index contributed by atoms with van der Waals surface area (Å²) in [6, 6.07) is 0.447. The van der Waals surface area contributed by atoms with Crippen LogP contribution in [0.25, 0.3) is 0 Å². The van der Waals surface area contributed by atoms with Gasteiger partial charge in [0.05, 0.1) is 6.61 Å². The number of nitrogens with one attached hydrogen (secondary N) is 1. The van der Waals surface area contributed by atoms with Crippen molar-refractivity contribution in [2.45, 2.75) is 57.5 Å². The number of rotatable bonds is 5. The maximum absolute atomic E-state index is 11.9. The third kappa shape index (κ3) is 3.69. The van der Waals surface area contributed by atoms with E-state index in [1.807, 2.05) is 6.92 Å². The summed E-state index contributed by atoms with van der Waals surface area (Å²) < 4.78 is 10.4. The monoisotopic (exact) mass is 255 g/mol. The molecule has 0 spiro atoms. The largest absolute Gasteiger partial charge is 0.462 e. The third-order valence-corrected chi connectivity index (χ3v) is 4.11. The second kappa shape index (κ2) is 7.10. The normalized spacial score (nSPS) is 31.7. The van der Waals surface area contributed by atoms with Gasteiger partial charge in [0, 0.05) is 12.6 Å². The molecule has 1 aliphatic carbocycles. The molecule has 0 bridgehead atoms. The second-order valence-electron chi connectivity index (χ2n) is 5.31. The molecule has 2 aliphatic rings. The molecule has 0 radical (unpaired) electrons. The van der Waals surface area contributed by atoms with E-state index in [9.17, 15) is 4.79 Å². The first-order chi connectivity index (χ1) is 8.81. The van der Waals surface area contributed by atoms with Gasteiger partial charge < -0.3 is 14.8 Å². The highest BCUT2D eigenvalue weighted by molar-refractivity contribution is 5.76. The van der Waals surface area contributed by atoms with Crippen molar-refractivity contribution >= 4 is 5.97 Å². The fourth-order valence-electron chi connectivity index (χ4n) is 3.13. The van der Waals surface area contributed by atoms with Crippen LogP contribution in [0.4, 0.5) is 0 Å². The van der Waals surface area contributed by atoms with E-state index in [1.165, 1.54) is 32.1 Å². The topological polar surface area (TPSA) is 47.6 Å². The maximum Gasteiger partial charge on any atom is 0.323 e. The Morgan fingerprint density at radius 1 is 1.17 bits per heavy atom. The average molecular weight is 255 g/mol. The SMILES string of the molecule is CCOCCOC(=O)C1CCC2CCCCC2N1. The minimum Gasteiger partial charge on any atom is -0.462 e. The lowest BCUT2D eigenvalue weighted by atomic mass is 9.78. The molecule has 3 atom stereocenters. The highest BCUT2D eigenvalue weighted by Gasteiger charge is 2.34. The number of carbonyl (C=O) groups is 1. The first-order valence-electron chi connectivity index (χ1n) is 7.31. The first kappa shape index (κ1) is 13.8. The van der Waals surface area contributed by atoms with E-state index < -0.39 is 0 Å². The van der Waals surface area contributed by atoms with Crippen LogP contribution in [-0.2, 0) is 14.3 Å². The van der Waals surface area contributed by atoms with Crippen molar-refractivity contribution in [3.63, 3.8) is 0 Å². The molecule has 1 N–H and O–H groups in total. The van der Waals surface area contributed by atoms with E-state index in [4.69, 9.17) is 9.47 Å². The minimum atomic E-state index is -0.0984. The van der Waals surface area contributed by atoms with Crippen molar-refractivity contribution in [3.05, 3.63) is 0 Å². The zero-order chi connectivity index (χ0) is 12.8. The third-order valence-electron chi connectivity index (χ3n) is 4.11. The van der Waals surface area contributed by atoms with Crippen molar-refractivity contribution in [1.29, 1.82) is 0 Å². The standard InChI is InChI=1S/C14H25NO3/c1-2-17-9-10-18-14(16)13-8-7-11-5-3-4-6-12(11)15-13/h11-13,15H,2-10H2,1H3. The lowest BCUT2D eigenvalue weighted by Gasteiger charge is -2.39. The molecule has 0 aromatic carbocycles. The fraction of sp³-hybridized carbons (Fsp3) is 0.929. The van der Waals surface area contributed by atoms with E-state index in [0.717, 1.165) is 12.3 Å². The number of hydrogen-bond donors (Lipinski definition) is 1. The summed E-state index contributed by atoms with van der Waals surface area (Å²) in [6.45, 7) is 3.48. The molecule has 0 aromatic heterocycles. The summed E-state index contributed by atoms with van der Waals surface area (Å²) >= 11 is 0. The summed E-state index contributed by atoms with van der Waals surface area (Å²) in [6.07, 6.45) is 7.28. The van der Waals surface area contributed by atoms with Gasteiger partial charge in [0.1, 0.15) is 12.6 Å². The van der Waals surface area contributed by atoms with Gasteiger partial charge in [0.25, 0.3) is 0 Å². The van der Waals surface area contributed by atoms with Crippen molar-refractivity contribution in [2.24, 2.45) is 5.92 Å². The van der Waals surface area contributed by atoms with Gasteiger partial charge in [-0.25, -0.2) is 0 Å². The molecule has 4 nitrogen and oxygen atoms in total. The predicted octanol–water partition coefficient (Wildman–Crippen LogP) is 1.88. The van der Waals surface area contributed by atoms with E-state index in [-0.39, 0.29) is 12.0 Å². The quantitative estimate of drug-likeness (QED) is 0.602. The molecule has 1 aliphatic heterocycles. The molecule has 2 rings (SSSR count). The lowest BCUT2D eigenvalue weighted by Crippen LogP contribution is -2.52. The minimum absolute atomic E-state index is 0.0917. The molecule has 0 aromatic rings. The first-order valence-corrected chi connectivity index (χ1v) is 7.31. The van der Waals surface area contributed by atoms with Crippen molar-refractivity contribution in [3.8, 4) is 0 Å². The highest BCUT2D eigenvalue weighted by atomic mass is 16.6. The fourth-order valence-corrected chi connectivity index (χ4v) is 3.13. The molecule has 1 heterocycles. The number of fused-ring (bicyclic) bond motifs is 1. The Kier molecular flexibility index (Phi) is 5.45. The maximum atomic E-state index is 11.9. The lowest BCUT2D eigenvalue weighted by molar-refractivity contribution is -0.149. The van der Waals surface area contributed by atoms with E-state index in [0.29, 0.717) is 25.9 Å². The van der Waals surface area contributed by atoms with Crippen LogP contribution < -0.4 is 5.32 Å². The van der Waals surface area contributed by atoms with E-state index in [2.05, 4.69) is 5.32 Å². The van der Waals surface area contributed by atoms with Crippen LogP contribution >= 0.6 is 0 Å². The summed E-state index contributed by atoms with van der Waals surface area (Å²) in [7, 11) is 0. The zero-order valence-corrected chi connectivity index (χ0v) is 11.3. The van der Waals surface area contributed by atoms with Crippen LogP contribution in [0, 0.1) is 5.92 Å². The molecular weight excluding hydrogens is 230 g/mol. The van der Waals surface area contributed by atoms with Crippen LogP contribution in [0.1, 0.15) is 45.4 Å². The molecule has 1 saturated carbocycles. The molecule has 2 fully saturated rings. The van der Waals surface area contributed by atoms with Crippen molar-refractivity contribution in [2.75, 3.05) is 19.8 Å².